The first kappa shape index (κ1) is 14.1. The molecule has 0 saturated carbocycles. The predicted molar refractivity (Wildman–Crippen MR) is 86.7 cm³/mol. The molecule has 0 spiro atoms. The van der Waals surface area contributed by atoms with Crippen molar-refractivity contribution in [1.82, 2.24) is 0 Å². The molecule has 5 heteroatoms. The van der Waals surface area contributed by atoms with E-state index in [0.29, 0.717) is 0 Å². The van der Waals surface area contributed by atoms with Gasteiger partial charge in [0.1, 0.15) is 0 Å². The molecule has 0 bridgehead atoms. The van der Waals surface area contributed by atoms with Gasteiger partial charge in [-0.3, -0.25) is 0 Å². The highest BCUT2D eigenvalue weighted by atomic mass is 79.9. The topological polar surface area (TPSA) is 0 Å². The van der Waals surface area contributed by atoms with Gasteiger partial charge in [0.2, 0.25) is 0 Å². The first-order valence-corrected chi connectivity index (χ1v) is 8.53. The third kappa shape index (κ3) is 3.16. The molecule has 0 aliphatic heterocycles. The summed E-state index contributed by atoms with van der Waals surface area (Å²) < 4.78 is 2.11. The summed E-state index contributed by atoms with van der Waals surface area (Å²) in [5.74, 6) is 0. The molecule has 0 aliphatic rings. The van der Waals surface area contributed by atoms with E-state index >= 15 is 0 Å². The van der Waals surface area contributed by atoms with E-state index in [9.17, 15) is 0 Å². The van der Waals surface area contributed by atoms with Crippen LogP contribution in [-0.2, 0) is 0 Å². The minimum atomic E-state index is 0.183. The van der Waals surface area contributed by atoms with Crippen LogP contribution in [0.3, 0.4) is 0 Å². The molecule has 0 fully saturated rings. The first-order valence-electron chi connectivity index (χ1n) is 4.84. The van der Waals surface area contributed by atoms with Crippen molar-refractivity contribution < 1.29 is 0 Å². The summed E-state index contributed by atoms with van der Waals surface area (Å²) in [6.07, 6.45) is 0. The number of hydrogen-bond donors (Lipinski definition) is 0. The highest BCUT2D eigenvalue weighted by Crippen LogP contribution is 2.41. The lowest BCUT2D eigenvalue weighted by molar-refractivity contribution is 1.20. The number of hydrogen-bond acceptors (Lipinski definition) is 1. The van der Waals surface area contributed by atoms with Gasteiger partial charge in [-0.2, -0.15) is 0 Å². The Morgan fingerprint density at radius 2 is 1.94 bits per heavy atom. The van der Waals surface area contributed by atoms with Crippen LogP contribution < -0.4 is 0 Å². The van der Waals surface area contributed by atoms with Gasteiger partial charge in [-0.1, -0.05) is 55.6 Å². The Labute approximate surface area is 135 Å². The monoisotopic (exact) mass is 456 g/mol. The molecule has 17 heavy (non-hydrogen) atoms. The number of rotatable bonds is 2. The highest BCUT2D eigenvalue weighted by molar-refractivity contribution is 9.11. The summed E-state index contributed by atoms with van der Waals surface area (Å²) in [6.45, 7) is 2.09. The van der Waals surface area contributed by atoms with Crippen LogP contribution in [0.5, 0.6) is 0 Å². The maximum atomic E-state index is 6.05. The summed E-state index contributed by atoms with van der Waals surface area (Å²) in [5, 5.41) is 0.767. The van der Waals surface area contributed by atoms with E-state index in [0.717, 1.165) is 13.3 Å². The Bertz CT molecular complexity index is 531. The zero-order valence-corrected chi connectivity index (χ0v) is 15.1. The van der Waals surface area contributed by atoms with Gasteiger partial charge in [0.05, 0.1) is 13.6 Å². The third-order valence-corrected chi connectivity index (χ3v) is 7.14. The average molecular weight is 459 g/mol. The fourth-order valence-electron chi connectivity index (χ4n) is 1.48. The molecular formula is C12H8Br3ClS. The van der Waals surface area contributed by atoms with Crippen LogP contribution in [0, 0.1) is 6.92 Å². The fourth-order valence-corrected chi connectivity index (χ4v) is 4.17. The smallest absolute Gasteiger partial charge is 0.0887 e. The standard InChI is InChI=1S/C12H8Br3ClS/c1-6-4-7(2-3-8(6)13)11(14)10-5-9(16)12(15)17-10/h2-5,11H,1H3. The van der Waals surface area contributed by atoms with E-state index < -0.39 is 0 Å². The van der Waals surface area contributed by atoms with Gasteiger partial charge in [-0.25, -0.2) is 0 Å². The molecule has 2 rings (SSSR count). The molecule has 1 unspecified atom stereocenters. The molecule has 0 saturated heterocycles. The van der Waals surface area contributed by atoms with Crippen molar-refractivity contribution in [2.45, 2.75) is 11.8 Å². The van der Waals surface area contributed by atoms with Crippen molar-refractivity contribution in [3.05, 3.63) is 53.6 Å². The zero-order chi connectivity index (χ0) is 12.6. The van der Waals surface area contributed by atoms with E-state index in [4.69, 9.17) is 11.6 Å². The van der Waals surface area contributed by atoms with Crippen molar-refractivity contribution in [1.29, 1.82) is 0 Å². The number of halogens is 4. The van der Waals surface area contributed by atoms with E-state index in [1.807, 2.05) is 6.07 Å². The number of alkyl halides is 1. The summed E-state index contributed by atoms with van der Waals surface area (Å²) in [6, 6.07) is 8.35. The Morgan fingerprint density at radius 3 is 2.47 bits per heavy atom. The SMILES string of the molecule is Cc1cc(C(Br)c2cc(Cl)c(Br)s2)ccc1Br. The second-order valence-corrected chi connectivity index (χ2v) is 8.22. The Balaban J connectivity index is 2.36. The predicted octanol–water partition coefficient (Wildman–Crippen LogP) is 6.72. The summed E-state index contributed by atoms with van der Waals surface area (Å²) >= 11 is 18.4. The molecule has 1 heterocycles. The van der Waals surface area contributed by atoms with E-state index in [1.54, 1.807) is 11.3 Å². The molecule has 1 aromatic heterocycles. The van der Waals surface area contributed by atoms with Gasteiger partial charge in [0.25, 0.3) is 0 Å². The molecule has 0 radical (unpaired) electrons. The van der Waals surface area contributed by atoms with Crippen LogP contribution in [0.15, 0.2) is 32.5 Å². The van der Waals surface area contributed by atoms with E-state index in [2.05, 4.69) is 72.9 Å². The normalized spacial score (nSPS) is 12.8. The van der Waals surface area contributed by atoms with Crippen LogP contribution in [0.25, 0.3) is 0 Å². The van der Waals surface area contributed by atoms with Crippen LogP contribution in [0.2, 0.25) is 5.02 Å². The maximum Gasteiger partial charge on any atom is 0.0887 e. The Hall–Kier alpha value is 0.650. The molecule has 0 nitrogen and oxygen atoms in total. The molecule has 1 atom stereocenters. The van der Waals surface area contributed by atoms with Crippen molar-refractivity contribution in [2.75, 3.05) is 0 Å². The molecule has 90 valence electrons. The molecular weight excluding hydrogens is 451 g/mol. The quantitative estimate of drug-likeness (QED) is 0.438. The van der Waals surface area contributed by atoms with Crippen LogP contribution in [0.4, 0.5) is 0 Å². The van der Waals surface area contributed by atoms with Crippen molar-refractivity contribution in [3.8, 4) is 0 Å². The van der Waals surface area contributed by atoms with Gasteiger partial charge < -0.3 is 0 Å². The molecule has 0 amide bonds. The van der Waals surface area contributed by atoms with Crippen molar-refractivity contribution in [3.63, 3.8) is 0 Å². The second-order valence-electron chi connectivity index (χ2n) is 3.64. The van der Waals surface area contributed by atoms with Gasteiger partial charge in [0.15, 0.2) is 0 Å². The second kappa shape index (κ2) is 5.74. The van der Waals surface area contributed by atoms with E-state index in [1.165, 1.54) is 16.0 Å². The molecule has 2 aromatic rings. The highest BCUT2D eigenvalue weighted by Gasteiger charge is 2.15. The van der Waals surface area contributed by atoms with E-state index in [-0.39, 0.29) is 4.83 Å². The van der Waals surface area contributed by atoms with Gasteiger partial charge in [0, 0.05) is 9.35 Å². The zero-order valence-electron chi connectivity index (χ0n) is 8.81. The Morgan fingerprint density at radius 1 is 1.24 bits per heavy atom. The third-order valence-electron chi connectivity index (χ3n) is 2.39. The number of aryl methyl sites for hydroxylation is 1. The minimum absolute atomic E-state index is 0.183. The molecule has 1 aromatic carbocycles. The average Bonchev–Trinajstić information content (AvgIpc) is 2.62. The largest absolute Gasteiger partial charge is 0.130 e. The lowest BCUT2D eigenvalue weighted by Gasteiger charge is -2.09. The fraction of sp³-hybridized carbons (Fsp3) is 0.167. The lowest BCUT2D eigenvalue weighted by Crippen LogP contribution is -1.90. The summed E-state index contributed by atoms with van der Waals surface area (Å²) in [7, 11) is 0. The van der Waals surface area contributed by atoms with Crippen molar-refractivity contribution >= 4 is 70.7 Å². The van der Waals surface area contributed by atoms with Crippen LogP contribution in [0.1, 0.15) is 20.8 Å². The summed E-state index contributed by atoms with van der Waals surface area (Å²) in [4.78, 5) is 1.38. The maximum absolute atomic E-state index is 6.05. The van der Waals surface area contributed by atoms with Crippen molar-refractivity contribution in [2.24, 2.45) is 0 Å². The minimum Gasteiger partial charge on any atom is -0.130 e. The van der Waals surface area contributed by atoms with Crippen LogP contribution in [-0.4, -0.2) is 0 Å². The van der Waals surface area contributed by atoms with Gasteiger partial charge >= 0.3 is 0 Å². The van der Waals surface area contributed by atoms with Crippen LogP contribution >= 0.6 is 70.7 Å². The Kier molecular flexibility index (Phi) is 4.75. The van der Waals surface area contributed by atoms with Gasteiger partial charge in [-0.15, -0.1) is 11.3 Å². The number of thiophene rings is 1. The summed E-state index contributed by atoms with van der Waals surface area (Å²) in [5.41, 5.74) is 2.46. The first-order chi connectivity index (χ1) is 7.99. The number of benzene rings is 1. The van der Waals surface area contributed by atoms with Gasteiger partial charge in [-0.05, 0) is 46.1 Å². The molecule has 0 aliphatic carbocycles. The lowest BCUT2D eigenvalue weighted by atomic mass is 10.1. The molecule has 0 N–H and O–H groups in total.